The van der Waals surface area contributed by atoms with Crippen molar-refractivity contribution in [2.75, 3.05) is 5.32 Å². The van der Waals surface area contributed by atoms with Crippen molar-refractivity contribution < 1.29 is 18.4 Å². The van der Waals surface area contributed by atoms with Crippen molar-refractivity contribution >= 4 is 28.9 Å². The Morgan fingerprint density at radius 3 is 2.59 bits per heavy atom. The van der Waals surface area contributed by atoms with E-state index in [9.17, 15) is 18.4 Å². The van der Waals surface area contributed by atoms with E-state index in [4.69, 9.17) is 0 Å². The molecule has 1 fully saturated rings. The molecular formula is C26H28F2N4O2. The highest BCUT2D eigenvalue weighted by atomic mass is 19.1. The van der Waals surface area contributed by atoms with Crippen LogP contribution >= 0.6 is 0 Å². The number of fused-ring (bicyclic) bond motifs is 1. The normalized spacial score (nSPS) is 19.0. The molecule has 0 unspecified atom stereocenters. The van der Waals surface area contributed by atoms with Gasteiger partial charge in [-0.3, -0.25) is 9.59 Å². The number of aryl methyl sites for hydroxylation is 1. The third kappa shape index (κ3) is 5.92. The van der Waals surface area contributed by atoms with E-state index >= 15 is 0 Å². The maximum atomic E-state index is 14.1. The summed E-state index contributed by atoms with van der Waals surface area (Å²) in [6.07, 6.45) is 4.77. The highest BCUT2D eigenvalue weighted by Crippen LogP contribution is 2.30. The zero-order valence-electron chi connectivity index (χ0n) is 19.1. The fourth-order valence-corrected chi connectivity index (χ4v) is 4.21. The third-order valence-electron chi connectivity index (χ3n) is 6.32. The summed E-state index contributed by atoms with van der Waals surface area (Å²) in [7, 11) is 0. The Morgan fingerprint density at radius 1 is 1.12 bits per heavy atom. The number of carbonyl (C=O) groups excluding carboxylic acids is 2. The lowest BCUT2D eigenvalue weighted by atomic mass is 9.81. The Bertz CT molecular complexity index is 1130. The zero-order chi connectivity index (χ0) is 24.1. The topological polar surface area (TPSA) is 82.9 Å². The first-order valence-electron chi connectivity index (χ1n) is 11.6. The SMILES string of the molecule is C/C(Cc1ccccc1)=N\N=C(/CC1CCC1)C(=O)N[C@H]1CCc2cc(F)cc(F)c2NC1=O. The Labute approximate surface area is 197 Å². The van der Waals surface area contributed by atoms with Crippen LogP contribution in [0, 0.1) is 17.6 Å². The Morgan fingerprint density at radius 2 is 1.88 bits per heavy atom. The lowest BCUT2D eigenvalue weighted by molar-refractivity contribution is -0.123. The van der Waals surface area contributed by atoms with Crippen LogP contribution in [0.5, 0.6) is 0 Å². The van der Waals surface area contributed by atoms with Gasteiger partial charge in [-0.1, -0.05) is 49.6 Å². The predicted molar refractivity (Wildman–Crippen MR) is 128 cm³/mol. The second kappa shape index (κ2) is 10.7. The van der Waals surface area contributed by atoms with Gasteiger partial charge in [0.05, 0.1) is 5.69 Å². The molecule has 1 saturated carbocycles. The predicted octanol–water partition coefficient (Wildman–Crippen LogP) is 4.58. The number of hydrogen-bond donors (Lipinski definition) is 2. The van der Waals surface area contributed by atoms with Crippen molar-refractivity contribution in [3.63, 3.8) is 0 Å². The Hall–Kier alpha value is -3.42. The average Bonchev–Trinajstić information content (AvgIpc) is 2.92. The highest BCUT2D eigenvalue weighted by molar-refractivity contribution is 6.39. The van der Waals surface area contributed by atoms with Crippen LogP contribution in [0.15, 0.2) is 52.7 Å². The maximum Gasteiger partial charge on any atom is 0.268 e. The molecule has 34 heavy (non-hydrogen) atoms. The fourth-order valence-electron chi connectivity index (χ4n) is 4.21. The Kier molecular flexibility index (Phi) is 7.45. The van der Waals surface area contributed by atoms with Crippen LogP contribution in [-0.4, -0.2) is 29.3 Å². The number of benzene rings is 2. The smallest absolute Gasteiger partial charge is 0.268 e. The van der Waals surface area contributed by atoms with E-state index in [0.29, 0.717) is 24.3 Å². The first-order valence-corrected chi connectivity index (χ1v) is 11.6. The van der Waals surface area contributed by atoms with E-state index in [0.717, 1.165) is 36.6 Å². The van der Waals surface area contributed by atoms with Gasteiger partial charge in [-0.25, -0.2) is 8.78 Å². The third-order valence-corrected chi connectivity index (χ3v) is 6.32. The van der Waals surface area contributed by atoms with Crippen LogP contribution in [0.3, 0.4) is 0 Å². The molecule has 0 spiro atoms. The number of halogens is 2. The standard InChI is InChI=1S/C26H28F2N4O2/c1-16(12-17-6-3-2-4-7-17)31-32-23(13-18-8-5-9-18)26(34)29-22-11-10-19-14-20(27)15-21(28)24(19)30-25(22)33/h2-4,6-7,14-15,18,22H,5,8-13H2,1H3,(H,29,34)(H,30,33)/b31-16+,32-23+/t22-/m0/s1. The van der Waals surface area contributed by atoms with Crippen molar-refractivity contribution in [1.82, 2.24) is 5.32 Å². The molecular weight excluding hydrogens is 438 g/mol. The summed E-state index contributed by atoms with van der Waals surface area (Å²) in [6, 6.07) is 10.9. The first-order chi connectivity index (χ1) is 16.4. The summed E-state index contributed by atoms with van der Waals surface area (Å²) < 4.78 is 27.7. The summed E-state index contributed by atoms with van der Waals surface area (Å²) in [6.45, 7) is 1.86. The quantitative estimate of drug-likeness (QED) is 0.462. The van der Waals surface area contributed by atoms with Gasteiger partial charge in [0.15, 0.2) is 0 Å². The van der Waals surface area contributed by atoms with E-state index < -0.39 is 29.5 Å². The molecule has 178 valence electrons. The van der Waals surface area contributed by atoms with Crippen LogP contribution in [0.2, 0.25) is 0 Å². The minimum atomic E-state index is -0.886. The van der Waals surface area contributed by atoms with Crippen LogP contribution in [-0.2, 0) is 22.4 Å². The zero-order valence-corrected chi connectivity index (χ0v) is 19.1. The number of hydrogen-bond acceptors (Lipinski definition) is 4. The van der Waals surface area contributed by atoms with Gasteiger partial charge >= 0.3 is 0 Å². The monoisotopic (exact) mass is 466 g/mol. The van der Waals surface area contributed by atoms with Crippen molar-refractivity contribution in [2.24, 2.45) is 16.1 Å². The van der Waals surface area contributed by atoms with Crippen molar-refractivity contribution in [3.8, 4) is 0 Å². The van der Waals surface area contributed by atoms with Gasteiger partial charge in [0.25, 0.3) is 5.91 Å². The molecule has 0 radical (unpaired) electrons. The van der Waals surface area contributed by atoms with Crippen molar-refractivity contribution in [3.05, 3.63) is 65.2 Å². The van der Waals surface area contributed by atoms with Crippen LogP contribution < -0.4 is 10.6 Å². The van der Waals surface area contributed by atoms with Crippen molar-refractivity contribution in [1.29, 1.82) is 0 Å². The van der Waals surface area contributed by atoms with Gasteiger partial charge in [0, 0.05) is 18.2 Å². The van der Waals surface area contributed by atoms with Crippen LogP contribution in [0.4, 0.5) is 14.5 Å². The summed E-state index contributed by atoms with van der Waals surface area (Å²) in [5.74, 6) is -2.15. The van der Waals surface area contributed by atoms with E-state index in [1.165, 1.54) is 6.07 Å². The Balaban J connectivity index is 1.47. The molecule has 2 N–H and O–H groups in total. The molecule has 4 rings (SSSR count). The minimum absolute atomic E-state index is 0.0346. The summed E-state index contributed by atoms with van der Waals surface area (Å²) in [4.78, 5) is 25.8. The number of nitrogens with one attached hydrogen (secondary N) is 2. The van der Waals surface area contributed by atoms with Crippen LogP contribution in [0.1, 0.15) is 50.2 Å². The minimum Gasteiger partial charge on any atom is -0.339 e. The second-order valence-corrected chi connectivity index (χ2v) is 9.02. The molecule has 1 heterocycles. The number of rotatable bonds is 7. The summed E-state index contributed by atoms with van der Waals surface area (Å²) in [5, 5.41) is 13.8. The van der Waals surface area contributed by atoms with Crippen molar-refractivity contribution in [2.45, 2.75) is 57.9 Å². The molecule has 6 nitrogen and oxygen atoms in total. The number of nitrogens with zero attached hydrogens (tertiary/aromatic N) is 2. The van der Waals surface area contributed by atoms with Crippen LogP contribution in [0.25, 0.3) is 0 Å². The molecule has 1 aliphatic heterocycles. The summed E-state index contributed by atoms with van der Waals surface area (Å²) in [5.41, 5.74) is 2.48. The number of anilines is 1. The van der Waals surface area contributed by atoms with Gasteiger partial charge in [-0.2, -0.15) is 5.10 Å². The molecule has 0 aromatic heterocycles. The van der Waals surface area contributed by atoms with Gasteiger partial charge in [-0.15, -0.1) is 5.10 Å². The van der Waals surface area contributed by atoms with Gasteiger partial charge in [-0.05, 0) is 49.3 Å². The van der Waals surface area contributed by atoms with E-state index in [1.807, 2.05) is 37.3 Å². The van der Waals surface area contributed by atoms with E-state index in [1.54, 1.807) is 0 Å². The molecule has 2 amide bonds. The fraction of sp³-hybridized carbons (Fsp3) is 0.385. The largest absolute Gasteiger partial charge is 0.339 e. The molecule has 8 heteroatoms. The average molecular weight is 467 g/mol. The maximum absolute atomic E-state index is 14.1. The van der Waals surface area contributed by atoms with Gasteiger partial charge < -0.3 is 10.6 Å². The first kappa shape index (κ1) is 23.7. The van der Waals surface area contributed by atoms with E-state index in [2.05, 4.69) is 20.8 Å². The summed E-state index contributed by atoms with van der Waals surface area (Å²) >= 11 is 0. The van der Waals surface area contributed by atoms with Gasteiger partial charge in [0.2, 0.25) is 5.91 Å². The number of amides is 2. The molecule has 1 aliphatic carbocycles. The molecule has 0 saturated heterocycles. The lowest BCUT2D eigenvalue weighted by Crippen LogP contribution is -2.46. The van der Waals surface area contributed by atoms with Gasteiger partial charge in [0.1, 0.15) is 23.4 Å². The molecule has 0 bridgehead atoms. The molecule has 2 aromatic rings. The molecule has 2 aliphatic rings. The lowest BCUT2D eigenvalue weighted by Gasteiger charge is -2.25. The van der Waals surface area contributed by atoms with E-state index in [-0.39, 0.29) is 24.2 Å². The molecule has 1 atom stereocenters. The number of carbonyl (C=O) groups is 2. The highest BCUT2D eigenvalue weighted by Gasteiger charge is 2.30. The molecule has 2 aromatic carbocycles. The second-order valence-electron chi connectivity index (χ2n) is 9.02.